The molecule has 2 N–H and O–H groups in total. The standard InChI is InChI=1S/C6H15N2O/c1-9-6-2-4-8-5-3-7/h7-8H,2-6H2,1H3. The Morgan fingerprint density at radius 3 is 2.78 bits per heavy atom. The maximum atomic E-state index is 6.79. The third-order valence-corrected chi connectivity index (χ3v) is 1.00. The lowest BCUT2D eigenvalue weighted by Crippen LogP contribution is -2.20. The fourth-order valence-electron chi connectivity index (χ4n) is 0.555. The number of ether oxygens (including phenoxy) is 1. The molecule has 0 atom stereocenters. The molecule has 9 heavy (non-hydrogen) atoms. The van der Waals surface area contributed by atoms with E-state index in [0.29, 0.717) is 6.54 Å². The summed E-state index contributed by atoms with van der Waals surface area (Å²) in [6.45, 7) is 3.04. The van der Waals surface area contributed by atoms with Gasteiger partial charge in [0.1, 0.15) is 0 Å². The summed E-state index contributed by atoms with van der Waals surface area (Å²) in [4.78, 5) is 0. The van der Waals surface area contributed by atoms with E-state index in [1.165, 1.54) is 0 Å². The molecule has 0 aliphatic carbocycles. The van der Waals surface area contributed by atoms with Crippen LogP contribution in [0.4, 0.5) is 0 Å². The Labute approximate surface area is 56.6 Å². The zero-order valence-corrected chi connectivity index (χ0v) is 5.94. The monoisotopic (exact) mass is 131 g/mol. The van der Waals surface area contributed by atoms with Crippen LogP contribution in [-0.4, -0.2) is 33.4 Å². The van der Waals surface area contributed by atoms with Crippen LogP contribution in [0, 0.1) is 0 Å². The molecule has 0 rings (SSSR count). The van der Waals surface area contributed by atoms with Gasteiger partial charge in [-0.25, -0.2) is 0 Å². The van der Waals surface area contributed by atoms with Crippen molar-refractivity contribution in [3.63, 3.8) is 0 Å². The van der Waals surface area contributed by atoms with E-state index < -0.39 is 0 Å². The maximum Gasteiger partial charge on any atom is 0.0474 e. The molecule has 0 bridgehead atoms. The van der Waals surface area contributed by atoms with E-state index in [0.717, 1.165) is 26.1 Å². The van der Waals surface area contributed by atoms with E-state index in [4.69, 9.17) is 10.5 Å². The van der Waals surface area contributed by atoms with Crippen molar-refractivity contribution in [3.8, 4) is 0 Å². The fraction of sp³-hybridized carbons (Fsp3) is 1.00. The largest absolute Gasteiger partial charge is 0.385 e. The molecule has 55 valence electrons. The summed E-state index contributed by atoms with van der Waals surface area (Å²) < 4.78 is 4.84. The van der Waals surface area contributed by atoms with Gasteiger partial charge in [0.25, 0.3) is 0 Å². The maximum absolute atomic E-state index is 6.79. The minimum atomic E-state index is 0.465. The molecule has 0 aromatic rings. The number of rotatable bonds is 6. The molecule has 0 spiro atoms. The lowest BCUT2D eigenvalue weighted by molar-refractivity contribution is 0.194. The molecule has 0 saturated carbocycles. The number of hydrogen-bond acceptors (Lipinski definition) is 2. The first-order chi connectivity index (χ1) is 4.41. The van der Waals surface area contributed by atoms with Crippen molar-refractivity contribution < 1.29 is 4.74 Å². The average Bonchev–Trinajstić information content (AvgIpc) is 1.89. The second kappa shape index (κ2) is 7.88. The molecule has 0 unspecified atom stereocenters. The molecule has 0 aliphatic rings. The number of nitrogens with one attached hydrogen (secondary N) is 2. The highest BCUT2D eigenvalue weighted by Gasteiger charge is 1.83. The van der Waals surface area contributed by atoms with Gasteiger partial charge in [-0.3, -0.25) is 5.73 Å². The van der Waals surface area contributed by atoms with Crippen molar-refractivity contribution in [1.82, 2.24) is 11.1 Å². The third-order valence-electron chi connectivity index (χ3n) is 1.00. The van der Waals surface area contributed by atoms with Gasteiger partial charge in [0.05, 0.1) is 0 Å². The first kappa shape index (κ1) is 8.88. The first-order valence-corrected chi connectivity index (χ1v) is 3.26. The quantitative estimate of drug-likeness (QED) is 0.511. The highest BCUT2D eigenvalue weighted by atomic mass is 16.5. The summed E-state index contributed by atoms with van der Waals surface area (Å²) in [6.07, 6.45) is 1.04. The first-order valence-electron chi connectivity index (χ1n) is 3.26. The van der Waals surface area contributed by atoms with Crippen molar-refractivity contribution >= 4 is 0 Å². The minimum Gasteiger partial charge on any atom is -0.385 e. The summed E-state index contributed by atoms with van der Waals surface area (Å²) in [7, 11) is 1.70. The molecule has 0 aliphatic heterocycles. The van der Waals surface area contributed by atoms with E-state index in [1.807, 2.05) is 0 Å². The lowest BCUT2D eigenvalue weighted by atomic mass is 10.4. The smallest absolute Gasteiger partial charge is 0.0474 e. The summed E-state index contributed by atoms with van der Waals surface area (Å²) in [5, 5.41) is 3.10. The highest BCUT2D eigenvalue weighted by molar-refractivity contribution is 4.45. The van der Waals surface area contributed by atoms with Crippen LogP contribution >= 0.6 is 0 Å². The Bertz CT molecular complexity index is 44.3. The SMILES string of the molecule is COCCCNCC[NH]. The second-order valence-corrected chi connectivity index (χ2v) is 1.85. The summed E-state index contributed by atoms with van der Waals surface area (Å²) >= 11 is 0. The molecule has 0 fully saturated rings. The molecule has 0 saturated heterocycles. The van der Waals surface area contributed by atoms with Gasteiger partial charge in [-0.1, -0.05) is 0 Å². The Morgan fingerprint density at radius 2 is 2.22 bits per heavy atom. The topological polar surface area (TPSA) is 45.1 Å². The Kier molecular flexibility index (Phi) is 7.77. The molecule has 3 nitrogen and oxygen atoms in total. The minimum absolute atomic E-state index is 0.465. The molecule has 0 amide bonds. The van der Waals surface area contributed by atoms with E-state index in [-0.39, 0.29) is 0 Å². The average molecular weight is 131 g/mol. The van der Waals surface area contributed by atoms with Crippen LogP contribution in [-0.2, 0) is 4.74 Å². The predicted octanol–water partition coefficient (Wildman–Crippen LogP) is -0.105. The summed E-state index contributed by atoms with van der Waals surface area (Å²) in [6, 6.07) is 0. The number of methoxy groups -OCH3 is 1. The van der Waals surface area contributed by atoms with Gasteiger partial charge < -0.3 is 10.1 Å². The van der Waals surface area contributed by atoms with Crippen LogP contribution in [0.5, 0.6) is 0 Å². The van der Waals surface area contributed by atoms with Crippen molar-refractivity contribution in [2.75, 3.05) is 33.4 Å². The van der Waals surface area contributed by atoms with Gasteiger partial charge in [-0.2, -0.15) is 0 Å². The van der Waals surface area contributed by atoms with Crippen LogP contribution in [0.25, 0.3) is 0 Å². The molecule has 3 heteroatoms. The lowest BCUT2D eigenvalue weighted by Gasteiger charge is -1.99. The van der Waals surface area contributed by atoms with Crippen LogP contribution in [0.2, 0.25) is 0 Å². The van der Waals surface area contributed by atoms with E-state index in [2.05, 4.69) is 5.32 Å². The molecule has 0 heterocycles. The molecule has 0 aromatic heterocycles. The third kappa shape index (κ3) is 7.88. The van der Waals surface area contributed by atoms with E-state index in [1.54, 1.807) is 7.11 Å². The van der Waals surface area contributed by atoms with Gasteiger partial charge in [0, 0.05) is 26.8 Å². The normalized spacial score (nSPS) is 10.0. The Balaban J connectivity index is 2.60. The van der Waals surface area contributed by atoms with Crippen LogP contribution in [0.1, 0.15) is 6.42 Å². The van der Waals surface area contributed by atoms with Crippen molar-refractivity contribution in [3.05, 3.63) is 0 Å². The van der Waals surface area contributed by atoms with Crippen molar-refractivity contribution in [2.45, 2.75) is 6.42 Å². The van der Waals surface area contributed by atoms with Gasteiger partial charge in [0.2, 0.25) is 0 Å². The van der Waals surface area contributed by atoms with Crippen LogP contribution < -0.4 is 11.1 Å². The van der Waals surface area contributed by atoms with E-state index >= 15 is 0 Å². The van der Waals surface area contributed by atoms with Gasteiger partial charge in [0.15, 0.2) is 0 Å². The fourth-order valence-corrected chi connectivity index (χ4v) is 0.555. The summed E-state index contributed by atoms with van der Waals surface area (Å²) in [5.74, 6) is 0. The van der Waals surface area contributed by atoms with Crippen molar-refractivity contribution in [2.24, 2.45) is 0 Å². The Morgan fingerprint density at radius 1 is 1.44 bits per heavy atom. The molecular formula is C6H15N2O. The van der Waals surface area contributed by atoms with Crippen molar-refractivity contribution in [1.29, 1.82) is 0 Å². The highest BCUT2D eigenvalue weighted by Crippen LogP contribution is 1.75. The predicted molar refractivity (Wildman–Crippen MR) is 37.3 cm³/mol. The van der Waals surface area contributed by atoms with E-state index in [9.17, 15) is 0 Å². The van der Waals surface area contributed by atoms with Crippen LogP contribution in [0.15, 0.2) is 0 Å². The van der Waals surface area contributed by atoms with Gasteiger partial charge >= 0.3 is 0 Å². The van der Waals surface area contributed by atoms with Gasteiger partial charge in [-0.15, -0.1) is 0 Å². The Hall–Kier alpha value is -0.120. The second-order valence-electron chi connectivity index (χ2n) is 1.85. The van der Waals surface area contributed by atoms with Crippen LogP contribution in [0.3, 0.4) is 0 Å². The molecular weight excluding hydrogens is 116 g/mol. The number of hydrogen-bond donors (Lipinski definition) is 1. The molecule has 0 aromatic carbocycles. The molecule has 1 radical (unpaired) electrons. The van der Waals surface area contributed by atoms with Gasteiger partial charge in [-0.05, 0) is 13.0 Å². The zero-order chi connectivity index (χ0) is 6.95. The summed E-state index contributed by atoms with van der Waals surface area (Å²) in [5.41, 5.74) is 6.79. The zero-order valence-electron chi connectivity index (χ0n) is 5.94.